The molecule has 0 atom stereocenters. The first kappa shape index (κ1) is 20.4. The minimum Gasteiger partial charge on any atom is -0.464 e. The number of amides is 1. The monoisotopic (exact) mass is 409 g/mol. The van der Waals surface area contributed by atoms with E-state index in [9.17, 15) is 9.59 Å². The van der Waals surface area contributed by atoms with Crippen molar-refractivity contribution in [3.8, 4) is 0 Å². The van der Waals surface area contributed by atoms with Gasteiger partial charge in [0.1, 0.15) is 5.58 Å². The Labute approximate surface area is 181 Å². The number of fused-ring (bicyclic) bond motifs is 1. The zero-order chi connectivity index (χ0) is 21.6. The van der Waals surface area contributed by atoms with Crippen LogP contribution in [-0.4, -0.2) is 10.8 Å². The van der Waals surface area contributed by atoms with E-state index < -0.39 is 0 Å². The lowest BCUT2D eigenvalue weighted by Gasteiger charge is -2.21. The molecule has 1 aromatic heterocycles. The summed E-state index contributed by atoms with van der Waals surface area (Å²) in [6.45, 7) is 2.49. The molecule has 154 valence electrons. The second-order valence-corrected chi connectivity index (χ2v) is 7.51. The second-order valence-electron chi connectivity index (χ2n) is 7.51. The van der Waals surface area contributed by atoms with Crippen LogP contribution in [-0.2, 0) is 17.9 Å². The van der Waals surface area contributed by atoms with Gasteiger partial charge in [0.15, 0.2) is 5.43 Å². The lowest BCUT2D eigenvalue weighted by Crippen LogP contribution is -2.30. The Balaban J connectivity index is 1.65. The van der Waals surface area contributed by atoms with Gasteiger partial charge in [0.2, 0.25) is 5.91 Å². The van der Waals surface area contributed by atoms with E-state index in [-0.39, 0.29) is 17.9 Å². The smallest absolute Gasteiger partial charge is 0.247 e. The van der Waals surface area contributed by atoms with Crippen molar-refractivity contribution >= 4 is 23.0 Å². The molecule has 0 saturated carbocycles. The SMILES string of the molecule is Cc1ccc2occ(CN(Cc3ccccc3)C(=O)C=Cc3ccccc3)c(=O)c2c1. The number of benzene rings is 3. The van der Waals surface area contributed by atoms with Crippen molar-refractivity contribution in [1.82, 2.24) is 4.90 Å². The van der Waals surface area contributed by atoms with E-state index in [2.05, 4.69) is 0 Å². The van der Waals surface area contributed by atoms with Crippen molar-refractivity contribution in [2.75, 3.05) is 0 Å². The van der Waals surface area contributed by atoms with Gasteiger partial charge in [-0.1, -0.05) is 72.3 Å². The highest BCUT2D eigenvalue weighted by Gasteiger charge is 2.16. The fourth-order valence-electron chi connectivity index (χ4n) is 3.45. The quantitative estimate of drug-likeness (QED) is 0.404. The summed E-state index contributed by atoms with van der Waals surface area (Å²) in [5.74, 6) is -0.170. The molecular formula is C27H23NO3. The maximum absolute atomic E-state index is 13.1. The van der Waals surface area contributed by atoms with Crippen molar-refractivity contribution in [3.63, 3.8) is 0 Å². The Hall–Kier alpha value is -3.92. The van der Waals surface area contributed by atoms with Crippen LogP contribution >= 0.6 is 0 Å². The van der Waals surface area contributed by atoms with E-state index in [1.165, 1.54) is 6.26 Å². The van der Waals surface area contributed by atoms with E-state index in [4.69, 9.17) is 4.42 Å². The predicted octanol–water partition coefficient (Wildman–Crippen LogP) is 5.34. The summed E-state index contributed by atoms with van der Waals surface area (Å²) in [5, 5.41) is 0.532. The highest BCUT2D eigenvalue weighted by Crippen LogP contribution is 2.16. The molecule has 0 unspecified atom stereocenters. The van der Waals surface area contributed by atoms with Crippen LogP contribution < -0.4 is 5.43 Å². The van der Waals surface area contributed by atoms with E-state index in [0.29, 0.717) is 23.1 Å². The molecule has 4 aromatic rings. The summed E-state index contributed by atoms with van der Waals surface area (Å²) in [4.78, 5) is 27.8. The number of rotatable bonds is 6. The first-order chi connectivity index (χ1) is 15.1. The van der Waals surface area contributed by atoms with Crippen molar-refractivity contribution in [1.29, 1.82) is 0 Å². The molecule has 0 aliphatic heterocycles. The molecule has 1 amide bonds. The molecule has 4 nitrogen and oxygen atoms in total. The second kappa shape index (κ2) is 9.26. The molecular weight excluding hydrogens is 386 g/mol. The third-order valence-electron chi connectivity index (χ3n) is 5.11. The summed E-state index contributed by atoms with van der Waals surface area (Å²) in [6, 6.07) is 24.9. The van der Waals surface area contributed by atoms with Gasteiger partial charge in [-0.3, -0.25) is 9.59 Å². The summed E-state index contributed by atoms with van der Waals surface area (Å²) in [6.07, 6.45) is 4.80. The van der Waals surface area contributed by atoms with Gasteiger partial charge in [-0.15, -0.1) is 0 Å². The number of carbonyl (C=O) groups excluding carboxylic acids is 1. The van der Waals surface area contributed by atoms with Gasteiger partial charge < -0.3 is 9.32 Å². The molecule has 3 aromatic carbocycles. The Morgan fingerprint density at radius 3 is 2.39 bits per heavy atom. The maximum Gasteiger partial charge on any atom is 0.247 e. The average Bonchev–Trinajstić information content (AvgIpc) is 2.80. The molecule has 31 heavy (non-hydrogen) atoms. The van der Waals surface area contributed by atoms with Crippen LogP contribution in [0.1, 0.15) is 22.3 Å². The van der Waals surface area contributed by atoms with E-state index >= 15 is 0 Å². The molecule has 1 heterocycles. The molecule has 0 spiro atoms. The van der Waals surface area contributed by atoms with Gasteiger partial charge in [0.25, 0.3) is 0 Å². The average molecular weight is 409 g/mol. The third-order valence-corrected chi connectivity index (χ3v) is 5.11. The highest BCUT2D eigenvalue weighted by atomic mass is 16.3. The van der Waals surface area contributed by atoms with Crippen LogP contribution in [0.5, 0.6) is 0 Å². The molecule has 0 N–H and O–H groups in total. The molecule has 0 bridgehead atoms. The van der Waals surface area contributed by atoms with Crippen LogP contribution in [0.2, 0.25) is 0 Å². The zero-order valence-electron chi connectivity index (χ0n) is 17.3. The van der Waals surface area contributed by atoms with Crippen molar-refractivity contribution in [3.05, 3.63) is 124 Å². The van der Waals surface area contributed by atoms with E-state index in [1.54, 1.807) is 23.1 Å². The summed E-state index contributed by atoms with van der Waals surface area (Å²) >= 11 is 0. The third kappa shape index (κ3) is 4.98. The molecule has 4 rings (SSSR count). The lowest BCUT2D eigenvalue weighted by atomic mass is 10.1. The van der Waals surface area contributed by atoms with Gasteiger partial charge in [-0.25, -0.2) is 0 Å². The van der Waals surface area contributed by atoms with E-state index in [1.807, 2.05) is 79.7 Å². The van der Waals surface area contributed by atoms with Gasteiger partial charge in [0, 0.05) is 12.6 Å². The number of aryl methyl sites for hydroxylation is 1. The molecule has 0 saturated heterocycles. The standard InChI is InChI=1S/C27H23NO3/c1-20-12-14-25-24(16-20)27(30)23(19-31-25)18-28(17-22-10-6-3-7-11-22)26(29)15-13-21-8-4-2-5-9-21/h2-16,19H,17-18H2,1H3. The van der Waals surface area contributed by atoms with Crippen molar-refractivity contribution < 1.29 is 9.21 Å². The van der Waals surface area contributed by atoms with Crippen LogP contribution in [0.4, 0.5) is 0 Å². The summed E-state index contributed by atoms with van der Waals surface area (Å²) in [5.41, 5.74) is 3.81. The Bertz CT molecular complexity index is 1270. The zero-order valence-corrected chi connectivity index (χ0v) is 17.3. The summed E-state index contributed by atoms with van der Waals surface area (Å²) in [7, 11) is 0. The molecule has 4 heteroatoms. The fourth-order valence-corrected chi connectivity index (χ4v) is 3.45. The fraction of sp³-hybridized carbons (Fsp3) is 0.111. The largest absolute Gasteiger partial charge is 0.464 e. The van der Waals surface area contributed by atoms with Crippen LogP contribution in [0, 0.1) is 6.92 Å². The Morgan fingerprint density at radius 1 is 0.935 bits per heavy atom. The summed E-state index contributed by atoms with van der Waals surface area (Å²) < 4.78 is 5.68. The van der Waals surface area contributed by atoms with Gasteiger partial charge in [0.05, 0.1) is 23.8 Å². The van der Waals surface area contributed by atoms with Crippen molar-refractivity contribution in [2.45, 2.75) is 20.0 Å². The molecule has 0 aliphatic rings. The van der Waals surface area contributed by atoms with Crippen LogP contribution in [0.25, 0.3) is 17.0 Å². The minimum atomic E-state index is -0.170. The molecule has 0 fully saturated rings. The minimum absolute atomic E-state index is 0.108. The molecule has 0 radical (unpaired) electrons. The predicted molar refractivity (Wildman–Crippen MR) is 123 cm³/mol. The Morgan fingerprint density at radius 2 is 1.65 bits per heavy atom. The Kier molecular flexibility index (Phi) is 6.08. The number of hydrogen-bond acceptors (Lipinski definition) is 3. The normalized spacial score (nSPS) is 11.1. The van der Waals surface area contributed by atoms with Gasteiger partial charge in [-0.2, -0.15) is 0 Å². The first-order valence-corrected chi connectivity index (χ1v) is 10.2. The van der Waals surface area contributed by atoms with Gasteiger partial charge >= 0.3 is 0 Å². The number of nitrogens with zero attached hydrogens (tertiary/aromatic N) is 1. The number of carbonyl (C=O) groups is 1. The van der Waals surface area contributed by atoms with Gasteiger partial charge in [-0.05, 0) is 36.3 Å². The lowest BCUT2D eigenvalue weighted by molar-refractivity contribution is -0.127. The van der Waals surface area contributed by atoms with Crippen LogP contribution in [0.15, 0.2) is 100 Å². The first-order valence-electron chi connectivity index (χ1n) is 10.2. The van der Waals surface area contributed by atoms with Crippen molar-refractivity contribution in [2.24, 2.45) is 0 Å². The topological polar surface area (TPSA) is 50.5 Å². The van der Waals surface area contributed by atoms with Crippen LogP contribution in [0.3, 0.4) is 0 Å². The number of hydrogen-bond donors (Lipinski definition) is 0. The maximum atomic E-state index is 13.1. The van der Waals surface area contributed by atoms with E-state index in [0.717, 1.165) is 16.7 Å². The molecule has 0 aliphatic carbocycles. The highest BCUT2D eigenvalue weighted by molar-refractivity contribution is 5.91.